The summed E-state index contributed by atoms with van der Waals surface area (Å²) in [7, 11) is 0. The fourth-order valence-electron chi connectivity index (χ4n) is 3.29. The minimum absolute atomic E-state index is 0.0429. The van der Waals surface area contributed by atoms with Crippen LogP contribution >= 0.6 is 0 Å². The summed E-state index contributed by atoms with van der Waals surface area (Å²) in [6.45, 7) is 6.76. The Morgan fingerprint density at radius 1 is 1.29 bits per heavy atom. The summed E-state index contributed by atoms with van der Waals surface area (Å²) < 4.78 is 17.4. The maximum absolute atomic E-state index is 12.4. The lowest BCUT2D eigenvalue weighted by Crippen LogP contribution is -2.45. The summed E-state index contributed by atoms with van der Waals surface area (Å²) in [5.74, 6) is -0.153. The topological polar surface area (TPSA) is 94.1 Å². The lowest BCUT2D eigenvalue weighted by Gasteiger charge is -2.31. The number of amides is 1. The van der Waals surface area contributed by atoms with Crippen LogP contribution in [-0.2, 0) is 25.6 Å². The Labute approximate surface area is 166 Å². The van der Waals surface area contributed by atoms with Crippen molar-refractivity contribution in [1.82, 2.24) is 5.32 Å². The van der Waals surface area contributed by atoms with Crippen LogP contribution in [-0.4, -0.2) is 48.6 Å². The molecule has 0 unspecified atom stereocenters. The molecule has 0 aromatic heterocycles. The van der Waals surface area contributed by atoms with Crippen LogP contribution in [0.5, 0.6) is 0 Å². The molecular weight excluding hydrogens is 362 g/mol. The molecule has 1 aromatic rings. The van der Waals surface area contributed by atoms with E-state index in [9.17, 15) is 9.59 Å². The molecule has 1 saturated heterocycles. The van der Waals surface area contributed by atoms with Gasteiger partial charge in [0.2, 0.25) is 0 Å². The number of hydrogen-bond acceptors (Lipinski definition) is 5. The van der Waals surface area contributed by atoms with Crippen molar-refractivity contribution in [2.24, 2.45) is 11.8 Å². The Balaban J connectivity index is 2.12. The number of hydrogen-bond donors (Lipinski definition) is 2. The Kier molecular flexibility index (Phi) is 8.73. The number of carbonyl (C=O) groups excluding carboxylic acids is 1. The molecule has 0 saturated carbocycles. The van der Waals surface area contributed by atoms with Crippen LogP contribution in [0.2, 0.25) is 0 Å². The molecule has 28 heavy (non-hydrogen) atoms. The second-order valence-electron chi connectivity index (χ2n) is 7.65. The lowest BCUT2D eigenvalue weighted by atomic mass is 9.89. The van der Waals surface area contributed by atoms with E-state index in [1.165, 1.54) is 0 Å². The second-order valence-corrected chi connectivity index (χ2v) is 7.65. The number of cyclic esters (lactones) is 1. The minimum Gasteiger partial charge on any atom is -0.465 e. The summed E-state index contributed by atoms with van der Waals surface area (Å²) >= 11 is 0. The molecule has 1 aliphatic heterocycles. The third-order valence-corrected chi connectivity index (χ3v) is 4.92. The van der Waals surface area contributed by atoms with Gasteiger partial charge in [0.25, 0.3) is 0 Å². The maximum atomic E-state index is 12.4. The van der Waals surface area contributed by atoms with Gasteiger partial charge in [0.05, 0.1) is 25.9 Å². The van der Waals surface area contributed by atoms with Crippen LogP contribution in [0.15, 0.2) is 30.3 Å². The first-order valence-corrected chi connectivity index (χ1v) is 9.80. The fraction of sp³-hybridized carbons (Fsp3) is 0.619. The Morgan fingerprint density at radius 3 is 2.64 bits per heavy atom. The zero-order valence-electron chi connectivity index (χ0n) is 16.8. The van der Waals surface area contributed by atoms with E-state index < -0.39 is 24.2 Å². The number of carboxylic acid groups (broad SMARTS) is 1. The molecule has 0 aliphatic carbocycles. The van der Waals surface area contributed by atoms with Gasteiger partial charge >= 0.3 is 12.1 Å². The van der Waals surface area contributed by atoms with Crippen LogP contribution in [0.1, 0.15) is 39.2 Å². The van der Waals surface area contributed by atoms with E-state index in [2.05, 4.69) is 19.2 Å². The molecule has 1 fully saturated rings. The molecule has 2 rings (SSSR count). The first kappa shape index (κ1) is 22.2. The zero-order chi connectivity index (χ0) is 20.5. The average molecular weight is 393 g/mol. The second kappa shape index (κ2) is 11.0. The van der Waals surface area contributed by atoms with Crippen molar-refractivity contribution in [1.29, 1.82) is 0 Å². The number of esters is 1. The summed E-state index contributed by atoms with van der Waals surface area (Å²) in [4.78, 5) is 23.3. The van der Waals surface area contributed by atoms with Gasteiger partial charge in [-0.2, -0.15) is 0 Å². The molecule has 7 nitrogen and oxygen atoms in total. The molecule has 1 aliphatic rings. The predicted molar refractivity (Wildman–Crippen MR) is 104 cm³/mol. The van der Waals surface area contributed by atoms with Gasteiger partial charge < -0.3 is 24.6 Å². The molecule has 0 radical (unpaired) electrons. The van der Waals surface area contributed by atoms with Crippen molar-refractivity contribution in [3.05, 3.63) is 35.9 Å². The highest BCUT2D eigenvalue weighted by molar-refractivity contribution is 5.81. The third kappa shape index (κ3) is 7.13. The standard InChI is InChI=1S/C21H31NO6/c1-14(2)9-10-17-15(3)28-20(23)18(22-21(24)25)12-26-13-19(17)27-11-16-7-5-4-6-8-16/h4-8,14-15,17-19,22H,9-13H2,1-3H3,(H,24,25)/t15-,17-,18-,19-/m0/s1. The van der Waals surface area contributed by atoms with E-state index in [1.54, 1.807) is 0 Å². The average Bonchev–Trinajstić information content (AvgIpc) is 2.69. The van der Waals surface area contributed by atoms with Crippen LogP contribution in [0.25, 0.3) is 0 Å². The molecule has 1 heterocycles. The van der Waals surface area contributed by atoms with Crippen LogP contribution in [0.4, 0.5) is 4.79 Å². The molecule has 2 N–H and O–H groups in total. The van der Waals surface area contributed by atoms with Crippen molar-refractivity contribution >= 4 is 12.1 Å². The summed E-state index contributed by atoms with van der Waals surface area (Å²) in [6.07, 6.45) is -0.164. The molecule has 4 atom stereocenters. The maximum Gasteiger partial charge on any atom is 0.405 e. The van der Waals surface area contributed by atoms with E-state index in [-0.39, 0.29) is 25.2 Å². The molecular formula is C21H31NO6. The summed E-state index contributed by atoms with van der Waals surface area (Å²) in [5, 5.41) is 11.1. The van der Waals surface area contributed by atoms with Crippen molar-refractivity contribution in [2.75, 3.05) is 13.2 Å². The number of rotatable bonds is 7. The normalized spacial score (nSPS) is 26.1. The monoisotopic (exact) mass is 393 g/mol. The largest absolute Gasteiger partial charge is 0.465 e. The van der Waals surface area contributed by atoms with Crippen molar-refractivity contribution in [3.8, 4) is 0 Å². The number of benzene rings is 1. The first-order valence-electron chi connectivity index (χ1n) is 9.80. The van der Waals surface area contributed by atoms with E-state index >= 15 is 0 Å². The van der Waals surface area contributed by atoms with Gasteiger partial charge in [-0.05, 0) is 24.8 Å². The van der Waals surface area contributed by atoms with E-state index in [4.69, 9.17) is 19.3 Å². The van der Waals surface area contributed by atoms with Gasteiger partial charge in [-0.1, -0.05) is 50.6 Å². The Morgan fingerprint density at radius 2 is 2.00 bits per heavy atom. The van der Waals surface area contributed by atoms with Crippen molar-refractivity contribution in [2.45, 2.75) is 58.5 Å². The summed E-state index contributed by atoms with van der Waals surface area (Å²) in [6, 6.07) is 8.82. The molecule has 7 heteroatoms. The fourth-order valence-corrected chi connectivity index (χ4v) is 3.29. The molecule has 1 amide bonds. The summed E-state index contributed by atoms with van der Waals surface area (Å²) in [5.41, 5.74) is 1.06. The van der Waals surface area contributed by atoms with Gasteiger partial charge in [-0.25, -0.2) is 9.59 Å². The molecule has 156 valence electrons. The minimum atomic E-state index is -1.29. The highest BCUT2D eigenvalue weighted by Gasteiger charge is 2.35. The van der Waals surface area contributed by atoms with E-state index in [1.807, 2.05) is 37.3 Å². The van der Waals surface area contributed by atoms with E-state index in [0.717, 1.165) is 18.4 Å². The van der Waals surface area contributed by atoms with Gasteiger partial charge in [0, 0.05) is 5.92 Å². The number of nitrogens with one attached hydrogen (secondary N) is 1. The van der Waals surface area contributed by atoms with Crippen LogP contribution in [0, 0.1) is 11.8 Å². The van der Waals surface area contributed by atoms with E-state index in [0.29, 0.717) is 12.5 Å². The lowest BCUT2D eigenvalue weighted by molar-refractivity contribution is -0.155. The predicted octanol–water partition coefficient (Wildman–Crippen LogP) is 3.22. The molecule has 1 aromatic carbocycles. The van der Waals surface area contributed by atoms with Crippen molar-refractivity contribution < 1.29 is 28.9 Å². The SMILES string of the molecule is CC(C)CC[C@H]1[C@H](C)OC(=O)[C@@H](NC(=O)O)COC[C@@H]1OCc1ccccc1. The van der Waals surface area contributed by atoms with Crippen LogP contribution < -0.4 is 5.32 Å². The molecule has 0 spiro atoms. The third-order valence-electron chi connectivity index (χ3n) is 4.92. The molecule has 0 bridgehead atoms. The number of carbonyl (C=O) groups is 2. The Bertz CT molecular complexity index is 621. The quantitative estimate of drug-likeness (QED) is 0.691. The number of ether oxygens (including phenoxy) is 3. The highest BCUT2D eigenvalue weighted by Crippen LogP contribution is 2.26. The highest BCUT2D eigenvalue weighted by atomic mass is 16.6. The zero-order valence-corrected chi connectivity index (χ0v) is 16.8. The first-order chi connectivity index (χ1) is 13.4. The van der Waals surface area contributed by atoms with Gasteiger partial charge in [-0.3, -0.25) is 0 Å². The van der Waals surface area contributed by atoms with Crippen molar-refractivity contribution in [3.63, 3.8) is 0 Å². The van der Waals surface area contributed by atoms with Gasteiger partial charge in [-0.15, -0.1) is 0 Å². The van der Waals surface area contributed by atoms with Gasteiger partial charge in [0.1, 0.15) is 6.10 Å². The smallest absolute Gasteiger partial charge is 0.405 e. The van der Waals surface area contributed by atoms with Gasteiger partial charge in [0.15, 0.2) is 6.04 Å². The Hall–Kier alpha value is -2.12. The van der Waals surface area contributed by atoms with Crippen LogP contribution in [0.3, 0.4) is 0 Å².